The maximum Gasteiger partial charge on any atom is 0.193 e. The third kappa shape index (κ3) is 5.58. The molecule has 0 fully saturated rings. The van der Waals surface area contributed by atoms with E-state index in [2.05, 4.69) is 26.2 Å². The van der Waals surface area contributed by atoms with Gasteiger partial charge in [-0.2, -0.15) is 0 Å². The molecule has 0 unspecified atom stereocenters. The van der Waals surface area contributed by atoms with Crippen LogP contribution in [0.25, 0.3) is 0 Å². The number of ether oxygens (including phenoxy) is 2. The van der Waals surface area contributed by atoms with Gasteiger partial charge in [-0.25, -0.2) is 4.99 Å². The molecular weight excluding hydrogens is 473 g/mol. The summed E-state index contributed by atoms with van der Waals surface area (Å²) in [5, 5.41) is 3.03. The van der Waals surface area contributed by atoms with E-state index in [1.807, 2.05) is 42.5 Å². The van der Waals surface area contributed by atoms with Crippen LogP contribution in [0.4, 0.5) is 5.69 Å². The van der Waals surface area contributed by atoms with Crippen molar-refractivity contribution in [2.24, 2.45) is 10.7 Å². The number of halogens is 2. The minimum absolute atomic E-state index is 0. The van der Waals surface area contributed by atoms with E-state index < -0.39 is 0 Å². The Morgan fingerprint density at radius 3 is 2.52 bits per heavy atom. The third-order valence-corrected chi connectivity index (χ3v) is 3.53. The van der Waals surface area contributed by atoms with Crippen LogP contribution in [0.2, 0.25) is 0 Å². The van der Waals surface area contributed by atoms with Crippen molar-refractivity contribution in [3.63, 3.8) is 0 Å². The van der Waals surface area contributed by atoms with Gasteiger partial charge in [0.25, 0.3) is 0 Å². The summed E-state index contributed by atoms with van der Waals surface area (Å²) in [7, 11) is 3.24. The second-order valence-electron chi connectivity index (χ2n) is 4.48. The first-order valence-corrected chi connectivity index (χ1v) is 7.45. The summed E-state index contributed by atoms with van der Waals surface area (Å²) in [4.78, 5) is 4.34. The number of nitrogens with two attached hydrogens (primary N) is 1. The van der Waals surface area contributed by atoms with E-state index in [0.717, 1.165) is 21.5 Å². The maximum absolute atomic E-state index is 5.94. The highest BCUT2D eigenvalue weighted by Gasteiger charge is 2.05. The van der Waals surface area contributed by atoms with Crippen molar-refractivity contribution >= 4 is 51.6 Å². The van der Waals surface area contributed by atoms with Gasteiger partial charge in [-0.05, 0) is 30.3 Å². The zero-order valence-corrected chi connectivity index (χ0v) is 16.8. The van der Waals surface area contributed by atoms with Crippen molar-refractivity contribution < 1.29 is 9.47 Å². The third-order valence-electron chi connectivity index (χ3n) is 3.03. The molecule has 0 radical (unpaired) electrons. The van der Waals surface area contributed by atoms with E-state index in [0.29, 0.717) is 18.3 Å². The van der Waals surface area contributed by atoms with Gasteiger partial charge >= 0.3 is 0 Å². The first-order valence-electron chi connectivity index (χ1n) is 6.66. The number of para-hydroxylation sites is 2. The minimum atomic E-state index is 0. The van der Waals surface area contributed by atoms with Crippen LogP contribution in [0.1, 0.15) is 5.56 Å². The molecule has 0 bridgehead atoms. The number of nitrogens with one attached hydrogen (secondary N) is 1. The van der Waals surface area contributed by atoms with E-state index in [1.54, 1.807) is 14.2 Å². The Kier molecular flexibility index (Phi) is 8.18. The van der Waals surface area contributed by atoms with Gasteiger partial charge in [0.15, 0.2) is 5.96 Å². The lowest BCUT2D eigenvalue weighted by atomic mass is 10.2. The van der Waals surface area contributed by atoms with Gasteiger partial charge in [-0.1, -0.05) is 28.1 Å². The van der Waals surface area contributed by atoms with Crippen LogP contribution >= 0.6 is 39.9 Å². The summed E-state index contributed by atoms with van der Waals surface area (Å²) >= 11 is 3.44. The predicted molar refractivity (Wildman–Crippen MR) is 108 cm³/mol. The number of methoxy groups -OCH3 is 2. The highest BCUT2D eigenvalue weighted by Crippen LogP contribution is 2.24. The average molecular weight is 492 g/mol. The number of benzene rings is 2. The molecular formula is C16H19BrIN3O2. The summed E-state index contributed by atoms with van der Waals surface area (Å²) < 4.78 is 11.5. The van der Waals surface area contributed by atoms with E-state index in [9.17, 15) is 0 Å². The molecule has 0 aromatic heterocycles. The molecule has 0 aliphatic carbocycles. The molecule has 5 nitrogen and oxygen atoms in total. The molecule has 2 aromatic rings. The minimum Gasteiger partial charge on any atom is -0.496 e. The molecule has 0 spiro atoms. The van der Waals surface area contributed by atoms with Crippen LogP contribution in [0.15, 0.2) is 51.9 Å². The number of nitrogens with zero attached hydrogens (tertiary/aromatic N) is 1. The molecule has 0 aliphatic rings. The molecule has 0 saturated heterocycles. The van der Waals surface area contributed by atoms with Crippen LogP contribution < -0.4 is 20.5 Å². The normalized spacial score (nSPS) is 10.7. The van der Waals surface area contributed by atoms with Gasteiger partial charge in [-0.15, -0.1) is 24.0 Å². The Bertz CT molecular complexity index is 680. The van der Waals surface area contributed by atoms with E-state index >= 15 is 0 Å². The lowest BCUT2D eigenvalue weighted by Crippen LogP contribution is -2.23. The van der Waals surface area contributed by atoms with Crippen LogP contribution in [0.3, 0.4) is 0 Å². The Morgan fingerprint density at radius 1 is 1.13 bits per heavy atom. The second-order valence-corrected chi connectivity index (χ2v) is 5.40. The van der Waals surface area contributed by atoms with Gasteiger partial charge in [0.05, 0.1) is 26.5 Å². The number of rotatable bonds is 5. The number of aliphatic imine (C=N–C) groups is 1. The summed E-state index contributed by atoms with van der Waals surface area (Å²) in [5.41, 5.74) is 7.65. The SMILES string of the molecule is COc1ccc(Br)cc1CN=C(N)Nc1ccccc1OC.I. The lowest BCUT2D eigenvalue weighted by molar-refractivity contribution is 0.410. The fourth-order valence-corrected chi connectivity index (χ4v) is 2.37. The molecule has 0 saturated carbocycles. The zero-order chi connectivity index (χ0) is 15.9. The Labute approximate surface area is 161 Å². The van der Waals surface area contributed by atoms with Gasteiger partial charge in [-0.3, -0.25) is 0 Å². The molecule has 124 valence electrons. The van der Waals surface area contributed by atoms with Crippen molar-refractivity contribution in [2.45, 2.75) is 6.54 Å². The van der Waals surface area contributed by atoms with Gasteiger partial charge in [0.1, 0.15) is 11.5 Å². The predicted octanol–water partition coefficient (Wildman–Crippen LogP) is 4.01. The largest absolute Gasteiger partial charge is 0.496 e. The zero-order valence-electron chi connectivity index (χ0n) is 12.9. The van der Waals surface area contributed by atoms with Crippen molar-refractivity contribution in [1.29, 1.82) is 0 Å². The second kappa shape index (κ2) is 9.61. The summed E-state index contributed by atoms with van der Waals surface area (Å²) in [6, 6.07) is 13.3. The van der Waals surface area contributed by atoms with Gasteiger partial charge < -0.3 is 20.5 Å². The van der Waals surface area contributed by atoms with Gasteiger partial charge in [0.2, 0.25) is 0 Å². The average Bonchev–Trinajstić information content (AvgIpc) is 2.53. The van der Waals surface area contributed by atoms with Crippen molar-refractivity contribution in [3.8, 4) is 11.5 Å². The molecule has 0 aliphatic heterocycles. The molecule has 0 heterocycles. The molecule has 7 heteroatoms. The molecule has 2 aromatic carbocycles. The van der Waals surface area contributed by atoms with Crippen LogP contribution in [-0.4, -0.2) is 20.2 Å². The standard InChI is InChI=1S/C16H18BrN3O2.HI/c1-21-14-8-7-12(17)9-11(14)10-19-16(18)20-13-5-3-4-6-15(13)22-2;/h3-9H,10H2,1-2H3,(H3,18,19,20);1H. The van der Waals surface area contributed by atoms with E-state index in [4.69, 9.17) is 15.2 Å². The molecule has 23 heavy (non-hydrogen) atoms. The van der Waals surface area contributed by atoms with Crippen LogP contribution in [0, 0.1) is 0 Å². The van der Waals surface area contributed by atoms with Crippen molar-refractivity contribution in [1.82, 2.24) is 0 Å². The van der Waals surface area contributed by atoms with Crippen molar-refractivity contribution in [3.05, 3.63) is 52.5 Å². The summed E-state index contributed by atoms with van der Waals surface area (Å²) in [5.74, 6) is 1.80. The molecule has 2 rings (SSSR count). The lowest BCUT2D eigenvalue weighted by Gasteiger charge is -2.11. The summed E-state index contributed by atoms with van der Waals surface area (Å²) in [6.45, 7) is 0.413. The Balaban J connectivity index is 0.00000264. The van der Waals surface area contributed by atoms with Crippen LogP contribution in [-0.2, 0) is 6.54 Å². The number of guanidine groups is 1. The Morgan fingerprint density at radius 2 is 1.83 bits per heavy atom. The first-order chi connectivity index (χ1) is 10.6. The highest BCUT2D eigenvalue weighted by atomic mass is 127. The fourth-order valence-electron chi connectivity index (χ4n) is 1.97. The first kappa shape index (κ1) is 19.6. The maximum atomic E-state index is 5.94. The van der Waals surface area contributed by atoms with E-state index in [-0.39, 0.29) is 24.0 Å². The smallest absolute Gasteiger partial charge is 0.193 e. The van der Waals surface area contributed by atoms with Crippen molar-refractivity contribution in [2.75, 3.05) is 19.5 Å². The van der Waals surface area contributed by atoms with Crippen LogP contribution in [0.5, 0.6) is 11.5 Å². The fraction of sp³-hybridized carbons (Fsp3) is 0.188. The number of hydrogen-bond acceptors (Lipinski definition) is 3. The monoisotopic (exact) mass is 491 g/mol. The molecule has 3 N–H and O–H groups in total. The number of hydrogen-bond donors (Lipinski definition) is 2. The molecule has 0 atom stereocenters. The number of anilines is 1. The highest BCUT2D eigenvalue weighted by molar-refractivity contribution is 14.0. The quantitative estimate of drug-likeness (QED) is 0.376. The Hall–Kier alpha value is -1.48. The summed E-state index contributed by atoms with van der Waals surface area (Å²) in [6.07, 6.45) is 0. The molecule has 0 amide bonds. The topological polar surface area (TPSA) is 68.9 Å². The van der Waals surface area contributed by atoms with E-state index in [1.165, 1.54) is 0 Å². The van der Waals surface area contributed by atoms with Gasteiger partial charge in [0, 0.05) is 10.0 Å².